The number of piperidine rings is 1. The first-order valence-corrected chi connectivity index (χ1v) is 9.69. The van der Waals surface area contributed by atoms with E-state index in [0.717, 1.165) is 18.0 Å². The Labute approximate surface area is 123 Å². The normalized spacial score (nSPS) is 34.1. The molecule has 1 heterocycles. The van der Waals surface area contributed by atoms with Gasteiger partial charge in [0.1, 0.15) is 0 Å². The zero-order chi connectivity index (χ0) is 13.5. The molecule has 0 bridgehead atoms. The fourth-order valence-electron chi connectivity index (χ4n) is 3.84. The molecule has 2 nitrogen and oxygen atoms in total. The van der Waals surface area contributed by atoms with Crippen molar-refractivity contribution in [1.29, 1.82) is 0 Å². The highest BCUT2D eigenvalue weighted by atomic mass is 32.2. The van der Waals surface area contributed by atoms with Gasteiger partial charge >= 0.3 is 0 Å². The van der Waals surface area contributed by atoms with Crippen LogP contribution in [0.5, 0.6) is 0 Å². The van der Waals surface area contributed by atoms with Gasteiger partial charge < -0.3 is 10.6 Å². The van der Waals surface area contributed by atoms with Crippen molar-refractivity contribution < 1.29 is 0 Å². The van der Waals surface area contributed by atoms with Gasteiger partial charge in [-0.05, 0) is 63.5 Å². The lowest BCUT2D eigenvalue weighted by molar-refractivity contribution is 0.173. The monoisotopic (exact) mass is 284 g/mol. The van der Waals surface area contributed by atoms with E-state index < -0.39 is 0 Å². The van der Waals surface area contributed by atoms with Crippen molar-refractivity contribution in [1.82, 2.24) is 10.6 Å². The standard InChI is InChI=1S/C16H32N2S/c1-13(10-12-19-2)18-16-9-4-3-7-14(16)15-8-5-6-11-17-15/h13-18H,3-12H2,1-2H3. The second kappa shape index (κ2) is 8.53. The summed E-state index contributed by atoms with van der Waals surface area (Å²) in [6, 6.07) is 2.24. The molecule has 2 aliphatic rings. The van der Waals surface area contributed by atoms with Crippen LogP contribution in [0.2, 0.25) is 0 Å². The van der Waals surface area contributed by atoms with Crippen LogP contribution in [0.15, 0.2) is 0 Å². The van der Waals surface area contributed by atoms with Crippen molar-refractivity contribution in [2.45, 2.75) is 76.4 Å². The van der Waals surface area contributed by atoms with Crippen LogP contribution in [0.25, 0.3) is 0 Å². The molecule has 0 spiro atoms. The molecule has 2 fully saturated rings. The van der Waals surface area contributed by atoms with Crippen LogP contribution in [0, 0.1) is 5.92 Å². The first kappa shape index (κ1) is 15.7. The second-order valence-electron chi connectivity index (χ2n) is 6.46. The van der Waals surface area contributed by atoms with E-state index in [1.807, 2.05) is 11.8 Å². The number of hydrogen-bond acceptors (Lipinski definition) is 3. The number of nitrogens with one attached hydrogen (secondary N) is 2. The Hall–Kier alpha value is 0.270. The number of hydrogen-bond donors (Lipinski definition) is 2. The summed E-state index contributed by atoms with van der Waals surface area (Å²) in [7, 11) is 0. The Morgan fingerprint density at radius 1 is 1.16 bits per heavy atom. The van der Waals surface area contributed by atoms with Crippen LogP contribution in [0.4, 0.5) is 0 Å². The van der Waals surface area contributed by atoms with E-state index in [1.165, 1.54) is 63.7 Å². The molecular weight excluding hydrogens is 252 g/mol. The van der Waals surface area contributed by atoms with Crippen molar-refractivity contribution in [3.8, 4) is 0 Å². The lowest BCUT2D eigenvalue weighted by atomic mass is 9.77. The maximum Gasteiger partial charge on any atom is 0.0113 e. The topological polar surface area (TPSA) is 24.1 Å². The second-order valence-corrected chi connectivity index (χ2v) is 7.45. The summed E-state index contributed by atoms with van der Waals surface area (Å²) in [5.74, 6) is 2.17. The van der Waals surface area contributed by atoms with Gasteiger partial charge in [-0.3, -0.25) is 0 Å². The molecule has 1 aliphatic heterocycles. The maximum absolute atomic E-state index is 3.95. The van der Waals surface area contributed by atoms with Gasteiger partial charge in [-0.1, -0.05) is 19.3 Å². The Bertz CT molecular complexity index is 241. The maximum atomic E-state index is 3.95. The highest BCUT2D eigenvalue weighted by Crippen LogP contribution is 2.30. The average Bonchev–Trinajstić information content (AvgIpc) is 2.46. The van der Waals surface area contributed by atoms with E-state index in [2.05, 4.69) is 23.8 Å². The summed E-state index contributed by atoms with van der Waals surface area (Å²) in [5, 5.41) is 7.74. The molecular formula is C16H32N2S. The van der Waals surface area contributed by atoms with Gasteiger partial charge in [0.2, 0.25) is 0 Å². The Balaban J connectivity index is 1.84. The summed E-state index contributed by atoms with van der Waals surface area (Å²) >= 11 is 1.97. The molecule has 112 valence electrons. The van der Waals surface area contributed by atoms with Gasteiger partial charge in [0.15, 0.2) is 0 Å². The molecule has 4 unspecified atom stereocenters. The predicted octanol–water partition coefficient (Wildman–Crippen LogP) is 3.42. The fourth-order valence-corrected chi connectivity index (χ4v) is 4.42. The third-order valence-electron chi connectivity index (χ3n) is 4.94. The third-order valence-corrected chi connectivity index (χ3v) is 5.58. The number of thioether (sulfide) groups is 1. The minimum atomic E-state index is 0.682. The molecule has 0 aromatic rings. The number of rotatable bonds is 6. The molecule has 3 heteroatoms. The zero-order valence-electron chi connectivity index (χ0n) is 12.8. The third kappa shape index (κ3) is 4.95. The van der Waals surface area contributed by atoms with Gasteiger partial charge in [-0.15, -0.1) is 0 Å². The highest BCUT2D eigenvalue weighted by molar-refractivity contribution is 7.98. The molecule has 1 saturated carbocycles. The van der Waals surface area contributed by atoms with Crippen molar-refractivity contribution in [2.75, 3.05) is 18.6 Å². The largest absolute Gasteiger partial charge is 0.314 e. The van der Waals surface area contributed by atoms with Gasteiger partial charge in [0.25, 0.3) is 0 Å². The minimum Gasteiger partial charge on any atom is -0.314 e. The molecule has 1 saturated heterocycles. The predicted molar refractivity (Wildman–Crippen MR) is 87.0 cm³/mol. The lowest BCUT2D eigenvalue weighted by Crippen LogP contribution is -2.52. The average molecular weight is 285 g/mol. The summed E-state index contributed by atoms with van der Waals surface area (Å²) in [6.07, 6.45) is 13.4. The van der Waals surface area contributed by atoms with Crippen LogP contribution < -0.4 is 10.6 Å². The van der Waals surface area contributed by atoms with E-state index in [0.29, 0.717) is 6.04 Å². The summed E-state index contributed by atoms with van der Waals surface area (Å²) in [5.41, 5.74) is 0. The molecule has 0 aromatic carbocycles. The van der Waals surface area contributed by atoms with Crippen LogP contribution >= 0.6 is 11.8 Å². The molecule has 1 aliphatic carbocycles. The summed E-state index contributed by atoms with van der Waals surface area (Å²) < 4.78 is 0. The lowest BCUT2D eigenvalue weighted by Gasteiger charge is -2.41. The SMILES string of the molecule is CSCCC(C)NC1CCCCC1C1CCCCN1. The fraction of sp³-hybridized carbons (Fsp3) is 1.00. The summed E-state index contributed by atoms with van der Waals surface area (Å²) in [6.45, 7) is 3.62. The van der Waals surface area contributed by atoms with Gasteiger partial charge in [-0.25, -0.2) is 0 Å². The van der Waals surface area contributed by atoms with Crippen molar-refractivity contribution in [2.24, 2.45) is 5.92 Å². The van der Waals surface area contributed by atoms with E-state index in [4.69, 9.17) is 0 Å². The highest BCUT2D eigenvalue weighted by Gasteiger charge is 2.32. The van der Waals surface area contributed by atoms with E-state index >= 15 is 0 Å². The Kier molecular flexibility index (Phi) is 7.03. The van der Waals surface area contributed by atoms with Gasteiger partial charge in [-0.2, -0.15) is 11.8 Å². The van der Waals surface area contributed by atoms with Crippen LogP contribution in [-0.2, 0) is 0 Å². The molecule has 4 atom stereocenters. The van der Waals surface area contributed by atoms with E-state index in [1.54, 1.807) is 0 Å². The molecule has 19 heavy (non-hydrogen) atoms. The van der Waals surface area contributed by atoms with Gasteiger partial charge in [0.05, 0.1) is 0 Å². The molecule has 2 rings (SSSR count). The van der Waals surface area contributed by atoms with Crippen LogP contribution in [0.1, 0.15) is 58.3 Å². The molecule has 2 N–H and O–H groups in total. The Morgan fingerprint density at radius 3 is 2.68 bits per heavy atom. The quantitative estimate of drug-likeness (QED) is 0.781. The molecule has 0 aromatic heterocycles. The van der Waals surface area contributed by atoms with Crippen molar-refractivity contribution in [3.05, 3.63) is 0 Å². The molecule has 0 amide bonds. The van der Waals surface area contributed by atoms with E-state index in [-0.39, 0.29) is 0 Å². The first-order chi connectivity index (χ1) is 9.31. The Morgan fingerprint density at radius 2 is 1.95 bits per heavy atom. The minimum absolute atomic E-state index is 0.682. The van der Waals surface area contributed by atoms with Crippen LogP contribution in [-0.4, -0.2) is 36.7 Å². The zero-order valence-corrected chi connectivity index (χ0v) is 13.6. The smallest absolute Gasteiger partial charge is 0.0113 e. The van der Waals surface area contributed by atoms with Gasteiger partial charge in [0, 0.05) is 18.1 Å². The van der Waals surface area contributed by atoms with Crippen molar-refractivity contribution in [3.63, 3.8) is 0 Å². The first-order valence-electron chi connectivity index (χ1n) is 8.29. The van der Waals surface area contributed by atoms with E-state index in [9.17, 15) is 0 Å². The van der Waals surface area contributed by atoms with Crippen molar-refractivity contribution >= 4 is 11.8 Å². The molecule has 0 radical (unpaired) electrons. The van der Waals surface area contributed by atoms with Crippen LogP contribution in [0.3, 0.4) is 0 Å². The summed E-state index contributed by atoms with van der Waals surface area (Å²) in [4.78, 5) is 0.